The smallest absolute Gasteiger partial charge is 0.378 e. The first-order chi connectivity index (χ1) is 17.4. The number of rotatable bonds is 6. The largest absolute Gasteiger partial charge is 0.416 e. The molecule has 0 bridgehead atoms. The van der Waals surface area contributed by atoms with E-state index < -0.39 is 17.7 Å². The van der Waals surface area contributed by atoms with Crippen LogP contribution in [-0.2, 0) is 22.3 Å². The third-order valence-corrected chi connectivity index (χ3v) is 6.75. The van der Waals surface area contributed by atoms with Gasteiger partial charge in [-0.25, -0.2) is 0 Å². The Labute approximate surface area is 207 Å². The monoisotopic (exact) mass is 492 g/mol. The van der Waals surface area contributed by atoms with Gasteiger partial charge in [0.15, 0.2) is 0 Å². The average molecular weight is 493 g/mol. The second-order valence-electron chi connectivity index (χ2n) is 9.09. The molecule has 1 aromatic heterocycles. The normalized spacial score (nSPS) is 15.2. The Hall–Kier alpha value is -3.58. The number of alkyl halides is 3. The SMILES string of the molecule is O=C(C[C@H](c1cccc(C(F)(F)F)c1)c1cn(Cc2ccccc2)c2ccccc12)N1CCOCC1. The zero-order chi connectivity index (χ0) is 25.1. The van der Waals surface area contributed by atoms with Crippen LogP contribution >= 0.6 is 0 Å². The minimum Gasteiger partial charge on any atom is -0.378 e. The van der Waals surface area contributed by atoms with Crippen LogP contribution in [0.2, 0.25) is 0 Å². The molecule has 4 nitrogen and oxygen atoms in total. The molecule has 1 amide bonds. The van der Waals surface area contributed by atoms with Crippen LogP contribution in [0.1, 0.15) is 34.6 Å². The van der Waals surface area contributed by atoms with Crippen LogP contribution in [0, 0.1) is 0 Å². The van der Waals surface area contributed by atoms with Crippen molar-refractivity contribution in [1.82, 2.24) is 9.47 Å². The Morgan fingerprint density at radius 2 is 1.64 bits per heavy atom. The number of benzene rings is 3. The van der Waals surface area contributed by atoms with Gasteiger partial charge in [0, 0.05) is 49.1 Å². The standard InChI is InChI=1S/C29H27F3N2O2/c30-29(31,32)23-10-6-9-22(17-23)25(18-28(35)33-13-15-36-16-14-33)26-20-34(19-21-7-2-1-3-8-21)27-12-5-4-11-24(26)27/h1-12,17,20,25H,13-16,18-19H2/t25-/m1/s1. The van der Waals surface area contributed by atoms with E-state index in [9.17, 15) is 18.0 Å². The highest BCUT2D eigenvalue weighted by molar-refractivity contribution is 5.87. The average Bonchev–Trinajstić information content (AvgIpc) is 3.26. The number of carbonyl (C=O) groups is 1. The van der Waals surface area contributed by atoms with E-state index in [-0.39, 0.29) is 12.3 Å². The van der Waals surface area contributed by atoms with Gasteiger partial charge in [-0.15, -0.1) is 0 Å². The van der Waals surface area contributed by atoms with Crippen molar-refractivity contribution in [3.05, 3.63) is 107 Å². The summed E-state index contributed by atoms with van der Waals surface area (Å²) in [6.07, 6.45) is -2.38. The number of nitrogens with zero attached hydrogens (tertiary/aromatic N) is 2. The van der Waals surface area contributed by atoms with Crippen molar-refractivity contribution in [2.24, 2.45) is 0 Å². The maximum absolute atomic E-state index is 13.6. The molecular weight excluding hydrogens is 465 g/mol. The van der Waals surface area contributed by atoms with Crippen LogP contribution in [0.25, 0.3) is 10.9 Å². The summed E-state index contributed by atoms with van der Waals surface area (Å²) in [7, 11) is 0. The molecule has 1 aliphatic heterocycles. The highest BCUT2D eigenvalue weighted by Gasteiger charge is 2.32. The fraction of sp³-hybridized carbons (Fsp3) is 0.276. The van der Waals surface area contributed by atoms with Crippen molar-refractivity contribution in [3.63, 3.8) is 0 Å². The molecule has 2 heterocycles. The number of morpholine rings is 1. The predicted octanol–water partition coefficient (Wildman–Crippen LogP) is 6.09. The van der Waals surface area contributed by atoms with Crippen molar-refractivity contribution < 1.29 is 22.7 Å². The number of amides is 1. The zero-order valence-corrected chi connectivity index (χ0v) is 19.7. The first-order valence-electron chi connectivity index (χ1n) is 12.0. The summed E-state index contributed by atoms with van der Waals surface area (Å²) in [6.45, 7) is 2.54. The van der Waals surface area contributed by atoms with E-state index in [0.29, 0.717) is 38.4 Å². The van der Waals surface area contributed by atoms with Gasteiger partial charge < -0.3 is 14.2 Å². The number of carbonyl (C=O) groups excluding carboxylic acids is 1. The van der Waals surface area contributed by atoms with Crippen molar-refractivity contribution in [2.75, 3.05) is 26.3 Å². The van der Waals surface area contributed by atoms with Crippen LogP contribution in [0.5, 0.6) is 0 Å². The maximum atomic E-state index is 13.6. The molecule has 0 radical (unpaired) electrons. The lowest BCUT2D eigenvalue weighted by Crippen LogP contribution is -2.41. The Kier molecular flexibility index (Phi) is 6.83. The van der Waals surface area contributed by atoms with Gasteiger partial charge in [0.2, 0.25) is 5.91 Å². The van der Waals surface area contributed by atoms with Gasteiger partial charge in [0.05, 0.1) is 18.8 Å². The van der Waals surface area contributed by atoms with E-state index in [1.807, 2.05) is 60.8 Å². The second-order valence-corrected chi connectivity index (χ2v) is 9.09. The van der Waals surface area contributed by atoms with E-state index >= 15 is 0 Å². The molecule has 1 atom stereocenters. The Morgan fingerprint density at radius 1 is 0.917 bits per heavy atom. The summed E-state index contributed by atoms with van der Waals surface area (Å²) in [5, 5.41) is 0.936. The molecule has 3 aromatic carbocycles. The minimum absolute atomic E-state index is 0.0828. The van der Waals surface area contributed by atoms with Gasteiger partial charge >= 0.3 is 6.18 Å². The highest BCUT2D eigenvalue weighted by Crippen LogP contribution is 2.38. The van der Waals surface area contributed by atoms with Crippen molar-refractivity contribution >= 4 is 16.8 Å². The number of hydrogen-bond acceptors (Lipinski definition) is 2. The lowest BCUT2D eigenvalue weighted by atomic mass is 9.87. The molecule has 186 valence electrons. The first kappa shape index (κ1) is 24.1. The van der Waals surface area contributed by atoms with Gasteiger partial charge in [-0.05, 0) is 28.8 Å². The summed E-state index contributed by atoms with van der Waals surface area (Å²) >= 11 is 0. The quantitative estimate of drug-likeness (QED) is 0.327. The van der Waals surface area contributed by atoms with Crippen LogP contribution in [0.3, 0.4) is 0 Å². The lowest BCUT2D eigenvalue weighted by molar-refractivity contribution is -0.137. The molecule has 0 aliphatic carbocycles. The van der Waals surface area contributed by atoms with Crippen molar-refractivity contribution in [2.45, 2.75) is 25.1 Å². The van der Waals surface area contributed by atoms with Crippen LogP contribution in [0.4, 0.5) is 13.2 Å². The summed E-state index contributed by atoms with van der Waals surface area (Å²) < 4.78 is 48.3. The number of aromatic nitrogens is 1. The van der Waals surface area contributed by atoms with E-state index in [2.05, 4.69) is 4.57 Å². The van der Waals surface area contributed by atoms with E-state index in [0.717, 1.165) is 28.1 Å². The summed E-state index contributed by atoms with van der Waals surface area (Å²) in [5.74, 6) is -0.606. The van der Waals surface area contributed by atoms with E-state index in [1.165, 1.54) is 12.1 Å². The fourth-order valence-electron chi connectivity index (χ4n) is 4.92. The van der Waals surface area contributed by atoms with Gasteiger partial charge in [0.25, 0.3) is 0 Å². The van der Waals surface area contributed by atoms with Gasteiger partial charge in [-0.1, -0.05) is 66.7 Å². The van der Waals surface area contributed by atoms with E-state index in [4.69, 9.17) is 4.74 Å². The number of para-hydroxylation sites is 1. The van der Waals surface area contributed by atoms with Gasteiger partial charge in [0.1, 0.15) is 0 Å². The predicted molar refractivity (Wildman–Crippen MR) is 133 cm³/mol. The molecule has 1 aliphatic rings. The zero-order valence-electron chi connectivity index (χ0n) is 19.7. The van der Waals surface area contributed by atoms with Crippen molar-refractivity contribution in [3.8, 4) is 0 Å². The van der Waals surface area contributed by atoms with Crippen LogP contribution in [0.15, 0.2) is 85.1 Å². The number of ether oxygens (including phenoxy) is 1. The molecule has 0 spiro atoms. The maximum Gasteiger partial charge on any atom is 0.416 e. The first-order valence-corrected chi connectivity index (χ1v) is 12.0. The van der Waals surface area contributed by atoms with Gasteiger partial charge in [-0.2, -0.15) is 13.2 Å². The molecule has 7 heteroatoms. The van der Waals surface area contributed by atoms with E-state index in [1.54, 1.807) is 11.0 Å². The highest BCUT2D eigenvalue weighted by atomic mass is 19.4. The van der Waals surface area contributed by atoms with Crippen molar-refractivity contribution in [1.29, 1.82) is 0 Å². The number of hydrogen-bond donors (Lipinski definition) is 0. The van der Waals surface area contributed by atoms with Gasteiger partial charge in [-0.3, -0.25) is 4.79 Å². The molecule has 0 N–H and O–H groups in total. The fourth-order valence-corrected chi connectivity index (χ4v) is 4.92. The molecule has 0 saturated carbocycles. The molecule has 0 unspecified atom stereocenters. The molecule has 1 fully saturated rings. The summed E-state index contributed by atoms with van der Waals surface area (Å²) in [5.41, 5.74) is 2.71. The summed E-state index contributed by atoms with van der Waals surface area (Å²) in [6, 6.07) is 23.2. The molecule has 4 aromatic rings. The topological polar surface area (TPSA) is 34.5 Å². The Morgan fingerprint density at radius 3 is 2.39 bits per heavy atom. The Balaban J connectivity index is 1.59. The molecule has 36 heavy (non-hydrogen) atoms. The Bertz CT molecular complexity index is 1340. The van der Waals surface area contributed by atoms with Crippen LogP contribution in [-0.4, -0.2) is 41.7 Å². The number of fused-ring (bicyclic) bond motifs is 1. The number of halogens is 3. The lowest BCUT2D eigenvalue weighted by Gasteiger charge is -2.29. The molecule has 1 saturated heterocycles. The third kappa shape index (κ3) is 5.16. The minimum atomic E-state index is -4.46. The molecular formula is C29H27F3N2O2. The second kappa shape index (κ2) is 10.2. The summed E-state index contributed by atoms with van der Waals surface area (Å²) in [4.78, 5) is 15.1. The van der Waals surface area contributed by atoms with Crippen LogP contribution < -0.4 is 0 Å². The third-order valence-electron chi connectivity index (χ3n) is 6.75. The molecule has 5 rings (SSSR count).